The Bertz CT molecular complexity index is 1700. The van der Waals surface area contributed by atoms with Crippen molar-refractivity contribution in [2.75, 3.05) is 13.1 Å². The minimum absolute atomic E-state index is 0.0781. The number of oxazole rings is 1. The van der Waals surface area contributed by atoms with Crippen LogP contribution in [0.2, 0.25) is 0 Å². The van der Waals surface area contributed by atoms with Crippen LogP contribution in [0.3, 0.4) is 0 Å². The molecule has 2 fully saturated rings. The van der Waals surface area contributed by atoms with Gasteiger partial charge in [-0.05, 0) is 56.0 Å². The lowest BCUT2D eigenvalue weighted by atomic mass is 9.91. The number of nitrogens with zero attached hydrogens (tertiary/aromatic N) is 8. The fourth-order valence-corrected chi connectivity index (χ4v) is 5.08. The second-order valence-corrected chi connectivity index (χ2v) is 10.3. The molecule has 1 aliphatic carbocycles. The molecule has 7 rings (SSSR count). The van der Waals surface area contributed by atoms with Crippen molar-refractivity contribution in [2.24, 2.45) is 0 Å². The molecule has 1 N–H and O–H groups in total. The highest BCUT2D eigenvalue weighted by atomic mass is 16.4. The van der Waals surface area contributed by atoms with E-state index in [1.54, 1.807) is 20.5 Å². The van der Waals surface area contributed by atoms with Gasteiger partial charge in [0.1, 0.15) is 11.7 Å². The molecule has 0 atom stereocenters. The van der Waals surface area contributed by atoms with Crippen LogP contribution < -0.4 is 5.56 Å². The third-order valence-corrected chi connectivity index (χ3v) is 7.52. The Morgan fingerprint density at radius 3 is 2.54 bits per heavy atom. The molecular formula is C27H26N8O4. The zero-order chi connectivity index (χ0) is 26.6. The predicted molar refractivity (Wildman–Crippen MR) is 139 cm³/mol. The van der Waals surface area contributed by atoms with E-state index in [0.717, 1.165) is 24.2 Å². The van der Waals surface area contributed by atoms with E-state index >= 15 is 0 Å². The second kappa shape index (κ2) is 9.02. The molecule has 198 valence electrons. The number of rotatable bonds is 6. The van der Waals surface area contributed by atoms with Crippen molar-refractivity contribution in [3.8, 4) is 11.4 Å². The molecule has 0 radical (unpaired) electrons. The van der Waals surface area contributed by atoms with Crippen molar-refractivity contribution in [2.45, 2.75) is 43.7 Å². The van der Waals surface area contributed by atoms with Gasteiger partial charge in [0.2, 0.25) is 5.76 Å². The average Bonchev–Trinajstić information content (AvgIpc) is 3.34. The molecule has 1 aromatic carbocycles. The summed E-state index contributed by atoms with van der Waals surface area (Å²) in [6, 6.07) is 9.46. The van der Waals surface area contributed by atoms with E-state index in [1.807, 2.05) is 36.5 Å². The summed E-state index contributed by atoms with van der Waals surface area (Å²) in [5, 5.41) is 20.3. The molecule has 0 spiro atoms. The number of carbonyl (C=O) groups excluding carboxylic acids is 1. The number of likely N-dealkylation sites (tertiary alicyclic amines) is 1. The summed E-state index contributed by atoms with van der Waals surface area (Å²) < 4.78 is 10.4. The number of aromatic nitrogens is 7. The summed E-state index contributed by atoms with van der Waals surface area (Å²) >= 11 is 0. The maximum absolute atomic E-state index is 13.3. The molecular weight excluding hydrogens is 500 g/mol. The molecule has 5 aromatic rings. The molecule has 1 aliphatic heterocycles. The van der Waals surface area contributed by atoms with E-state index in [1.165, 1.54) is 23.3 Å². The van der Waals surface area contributed by atoms with Crippen LogP contribution in [0.4, 0.5) is 0 Å². The van der Waals surface area contributed by atoms with Gasteiger partial charge in [-0.1, -0.05) is 0 Å². The van der Waals surface area contributed by atoms with Gasteiger partial charge in [0, 0.05) is 31.4 Å². The maximum atomic E-state index is 13.3. The summed E-state index contributed by atoms with van der Waals surface area (Å²) in [5.41, 5.74) is 0.681. The number of piperidine rings is 1. The minimum Gasteiger partial charge on any atom is -0.435 e. The fourth-order valence-electron chi connectivity index (χ4n) is 5.08. The molecule has 4 aromatic heterocycles. The largest absolute Gasteiger partial charge is 0.435 e. The highest BCUT2D eigenvalue weighted by molar-refractivity contribution is 5.91. The number of carbonyl (C=O) groups is 1. The third kappa shape index (κ3) is 4.32. The minimum atomic E-state index is -1.14. The smallest absolute Gasteiger partial charge is 0.291 e. The topological polar surface area (TPSA) is 137 Å². The van der Waals surface area contributed by atoms with Gasteiger partial charge in [0.05, 0.1) is 35.9 Å². The van der Waals surface area contributed by atoms with Crippen LogP contribution in [0.25, 0.3) is 22.4 Å². The number of fused-ring (bicyclic) bond motifs is 1. The van der Waals surface area contributed by atoms with E-state index in [9.17, 15) is 14.7 Å². The van der Waals surface area contributed by atoms with Crippen LogP contribution in [0.15, 0.2) is 70.7 Å². The van der Waals surface area contributed by atoms with Gasteiger partial charge in [-0.2, -0.15) is 10.2 Å². The lowest BCUT2D eigenvalue weighted by molar-refractivity contribution is -0.0304. The first-order valence-corrected chi connectivity index (χ1v) is 13.0. The van der Waals surface area contributed by atoms with E-state index in [2.05, 4.69) is 20.2 Å². The number of amides is 1. The Balaban J connectivity index is 1.05. The highest BCUT2D eigenvalue weighted by Crippen LogP contribution is 2.39. The van der Waals surface area contributed by atoms with Gasteiger partial charge in [0.15, 0.2) is 11.5 Å². The Kier molecular flexibility index (Phi) is 5.44. The Labute approximate surface area is 222 Å². The molecule has 1 saturated carbocycles. The molecule has 1 amide bonds. The van der Waals surface area contributed by atoms with Crippen LogP contribution in [-0.4, -0.2) is 68.7 Å². The van der Waals surface area contributed by atoms with Crippen molar-refractivity contribution in [3.63, 3.8) is 0 Å². The molecule has 5 heterocycles. The summed E-state index contributed by atoms with van der Waals surface area (Å²) in [4.78, 5) is 36.5. The summed E-state index contributed by atoms with van der Waals surface area (Å²) in [7, 11) is 0. The maximum Gasteiger partial charge on any atom is 0.291 e. The lowest BCUT2D eigenvalue weighted by Crippen LogP contribution is -2.49. The Hall–Kier alpha value is -4.58. The predicted octanol–water partition coefficient (Wildman–Crippen LogP) is 2.30. The molecule has 0 unspecified atom stereocenters. The van der Waals surface area contributed by atoms with Gasteiger partial charge >= 0.3 is 0 Å². The zero-order valence-electron chi connectivity index (χ0n) is 21.1. The number of hydrogen-bond donors (Lipinski definition) is 1. The van der Waals surface area contributed by atoms with E-state index in [4.69, 9.17) is 4.42 Å². The van der Waals surface area contributed by atoms with Crippen LogP contribution >= 0.6 is 0 Å². The highest BCUT2D eigenvalue weighted by Gasteiger charge is 2.36. The first-order chi connectivity index (χ1) is 19.0. The molecule has 1 saturated heterocycles. The SMILES string of the molecule is O=C(c1cnc(C2CC2)o1)N1CCC(O)(Cn2cnc3c(cnn3-c3ccc(-n4cccn4)cc3)c2=O)CC1. The molecule has 12 nitrogen and oxygen atoms in total. The van der Waals surface area contributed by atoms with E-state index in [0.29, 0.717) is 48.8 Å². The third-order valence-electron chi connectivity index (χ3n) is 7.52. The standard InChI is InChI=1S/C27H26N8O4/c36-25-21-14-31-35(20-6-4-19(5-7-20)34-11-1-10-30-34)23(21)29-17-33(25)16-27(38)8-12-32(13-9-27)26(37)22-15-28-24(39-22)18-2-3-18/h1,4-7,10-11,14-15,17-18,38H,2-3,8-9,12-13,16H2. The van der Waals surface area contributed by atoms with Crippen LogP contribution in [0.5, 0.6) is 0 Å². The quantitative estimate of drug-likeness (QED) is 0.356. The fraction of sp³-hybridized carbons (Fsp3) is 0.333. The zero-order valence-corrected chi connectivity index (χ0v) is 21.1. The van der Waals surface area contributed by atoms with Gasteiger partial charge in [-0.3, -0.25) is 14.2 Å². The summed E-state index contributed by atoms with van der Waals surface area (Å²) in [6.07, 6.45) is 10.8. The van der Waals surface area contributed by atoms with Crippen LogP contribution in [0.1, 0.15) is 48.0 Å². The van der Waals surface area contributed by atoms with Crippen LogP contribution in [0, 0.1) is 0 Å². The number of hydrogen-bond acceptors (Lipinski definition) is 8. The first-order valence-electron chi connectivity index (χ1n) is 13.0. The number of aliphatic hydroxyl groups is 1. The van der Waals surface area contributed by atoms with Gasteiger partial charge < -0.3 is 14.4 Å². The van der Waals surface area contributed by atoms with Crippen molar-refractivity contribution >= 4 is 16.9 Å². The molecule has 0 bridgehead atoms. The van der Waals surface area contributed by atoms with E-state index in [-0.39, 0.29) is 23.8 Å². The van der Waals surface area contributed by atoms with Crippen molar-refractivity contribution in [1.29, 1.82) is 0 Å². The molecule has 39 heavy (non-hydrogen) atoms. The van der Waals surface area contributed by atoms with Crippen molar-refractivity contribution in [1.82, 2.24) is 39.0 Å². The monoisotopic (exact) mass is 526 g/mol. The molecule has 12 heteroatoms. The summed E-state index contributed by atoms with van der Waals surface area (Å²) in [6.45, 7) is 0.784. The normalized spacial score (nSPS) is 17.1. The lowest BCUT2D eigenvalue weighted by Gasteiger charge is -2.38. The van der Waals surface area contributed by atoms with Gasteiger partial charge in [0.25, 0.3) is 11.5 Å². The summed E-state index contributed by atoms with van der Waals surface area (Å²) in [5.74, 6) is 0.981. The first kappa shape index (κ1) is 23.5. The van der Waals surface area contributed by atoms with Crippen molar-refractivity contribution < 1.29 is 14.3 Å². The van der Waals surface area contributed by atoms with Gasteiger partial charge in [-0.15, -0.1) is 0 Å². The van der Waals surface area contributed by atoms with E-state index < -0.39 is 5.60 Å². The van der Waals surface area contributed by atoms with Crippen LogP contribution in [-0.2, 0) is 6.54 Å². The van der Waals surface area contributed by atoms with Gasteiger partial charge in [-0.25, -0.2) is 19.3 Å². The second-order valence-electron chi connectivity index (χ2n) is 10.3. The Morgan fingerprint density at radius 1 is 1.05 bits per heavy atom. The average molecular weight is 527 g/mol. The molecule has 2 aliphatic rings. The number of benzene rings is 1. The van der Waals surface area contributed by atoms with Crippen molar-refractivity contribution in [3.05, 3.63) is 83.5 Å². The Morgan fingerprint density at radius 2 is 1.82 bits per heavy atom.